The van der Waals surface area contributed by atoms with Crippen LogP contribution >= 0.6 is 0 Å². The van der Waals surface area contributed by atoms with Crippen molar-refractivity contribution in [2.75, 3.05) is 26.4 Å². The van der Waals surface area contributed by atoms with Gasteiger partial charge in [0.05, 0.1) is 19.8 Å². The van der Waals surface area contributed by atoms with Crippen molar-refractivity contribution in [2.24, 2.45) is 0 Å². The number of esters is 1. The molecule has 41 heavy (non-hydrogen) atoms. The molecule has 8 unspecified atom stereocenters. The number of aliphatic hydroxyl groups is 5. The van der Waals surface area contributed by atoms with Gasteiger partial charge in [-0.05, 0) is 35.8 Å². The summed E-state index contributed by atoms with van der Waals surface area (Å²) in [6, 6.07) is 13.4. The summed E-state index contributed by atoms with van der Waals surface area (Å²) in [7, 11) is 0. The topological polar surface area (TPSA) is 205 Å². The molecular weight excluding hydrogens is 544 g/mol. The molecule has 0 aliphatic carbocycles. The van der Waals surface area contributed by atoms with Crippen molar-refractivity contribution in [1.29, 1.82) is 0 Å². The number of hydrogen-bond donors (Lipinski definition) is 7. The lowest BCUT2D eigenvalue weighted by Crippen LogP contribution is -2.59. The first-order valence-corrected chi connectivity index (χ1v) is 12.9. The second kappa shape index (κ2) is 13.7. The van der Waals surface area contributed by atoms with E-state index in [1.807, 2.05) is 30.3 Å². The van der Waals surface area contributed by atoms with Crippen LogP contribution < -0.4 is 0 Å². The first kappa shape index (κ1) is 30.8. The first-order chi connectivity index (χ1) is 19.6. The van der Waals surface area contributed by atoms with Crippen LogP contribution in [0.15, 0.2) is 54.6 Å². The van der Waals surface area contributed by atoms with Crippen molar-refractivity contribution < 1.29 is 64.2 Å². The van der Waals surface area contributed by atoms with Gasteiger partial charge in [0.25, 0.3) is 0 Å². The number of rotatable bonds is 11. The Morgan fingerprint density at radius 2 is 1.71 bits per heavy atom. The van der Waals surface area contributed by atoms with Gasteiger partial charge < -0.3 is 59.4 Å². The number of aliphatic hydroxyl groups excluding tert-OH is 4. The van der Waals surface area contributed by atoms with E-state index in [1.54, 1.807) is 0 Å². The van der Waals surface area contributed by atoms with E-state index in [0.29, 0.717) is 12.0 Å². The van der Waals surface area contributed by atoms with Crippen LogP contribution in [-0.4, -0.2) is 117 Å². The number of ether oxygens (including phenoxy) is 5. The summed E-state index contributed by atoms with van der Waals surface area (Å²) in [6.07, 6.45) is -7.23. The molecule has 2 heterocycles. The summed E-state index contributed by atoms with van der Waals surface area (Å²) in [5.41, 5.74) is -0.602. The third-order valence-electron chi connectivity index (χ3n) is 6.79. The molecule has 0 bridgehead atoms. The zero-order valence-electron chi connectivity index (χ0n) is 21.9. The van der Waals surface area contributed by atoms with Gasteiger partial charge in [0.2, 0.25) is 0 Å². The highest BCUT2D eigenvalue weighted by molar-refractivity contribution is 5.87. The van der Waals surface area contributed by atoms with Crippen molar-refractivity contribution in [1.82, 2.24) is 0 Å². The summed E-state index contributed by atoms with van der Waals surface area (Å²) >= 11 is 0. The molecule has 2 aromatic carbocycles. The molecule has 0 amide bonds. The zero-order chi connectivity index (χ0) is 29.6. The average molecular weight is 579 g/mol. The van der Waals surface area contributed by atoms with Crippen LogP contribution in [0.25, 0.3) is 6.08 Å². The number of carbonyl (C=O) groups excluding carboxylic acids is 1. The van der Waals surface area contributed by atoms with Crippen LogP contribution in [0.3, 0.4) is 0 Å². The molecule has 224 valence electrons. The van der Waals surface area contributed by atoms with Gasteiger partial charge in [-0.2, -0.15) is 0 Å². The molecule has 2 saturated heterocycles. The Bertz CT molecular complexity index is 1170. The largest absolute Gasteiger partial charge is 0.504 e. The van der Waals surface area contributed by atoms with Crippen LogP contribution in [-0.2, 0) is 34.9 Å². The van der Waals surface area contributed by atoms with Gasteiger partial charge in [0, 0.05) is 6.08 Å². The standard InChI is InChI=1S/C28H34O13/c29-18-8-6-17(12-19(18)30)7-9-21(31)39-14-28(36)15-40-27(25(28)35)38-13-20-22(32)23(33)24(34)26(41-20)37-11-10-16-4-2-1-3-5-16/h1-9,12,20,22-27,29-30,32-36H,10-11,13-15H2. The van der Waals surface area contributed by atoms with Gasteiger partial charge >= 0.3 is 5.97 Å². The molecular formula is C28H34O13. The van der Waals surface area contributed by atoms with Gasteiger partial charge in [-0.3, -0.25) is 0 Å². The Hall–Kier alpha value is -3.11. The first-order valence-electron chi connectivity index (χ1n) is 12.9. The van der Waals surface area contributed by atoms with Gasteiger partial charge in [-0.25, -0.2) is 4.79 Å². The Labute approximate surface area is 235 Å². The Kier molecular flexibility index (Phi) is 10.3. The minimum atomic E-state index is -2.00. The fraction of sp³-hybridized carbons (Fsp3) is 0.464. The number of aromatic hydroxyl groups is 2. The molecule has 7 N–H and O–H groups in total. The molecule has 2 aliphatic heterocycles. The number of phenolic OH excluding ortho intramolecular Hbond substituents is 2. The van der Waals surface area contributed by atoms with Crippen molar-refractivity contribution in [2.45, 2.75) is 55.1 Å². The lowest BCUT2D eigenvalue weighted by molar-refractivity contribution is -0.309. The van der Waals surface area contributed by atoms with E-state index in [-0.39, 0.29) is 18.1 Å². The van der Waals surface area contributed by atoms with Crippen LogP contribution in [0.2, 0.25) is 0 Å². The van der Waals surface area contributed by atoms with E-state index in [0.717, 1.165) is 11.6 Å². The highest BCUT2D eigenvalue weighted by atomic mass is 16.7. The average Bonchev–Trinajstić information content (AvgIpc) is 3.25. The van der Waals surface area contributed by atoms with Gasteiger partial charge in [0.15, 0.2) is 29.7 Å². The number of phenols is 2. The van der Waals surface area contributed by atoms with Gasteiger partial charge in [-0.15, -0.1) is 0 Å². The highest BCUT2D eigenvalue weighted by Gasteiger charge is 2.51. The van der Waals surface area contributed by atoms with E-state index in [4.69, 9.17) is 23.7 Å². The van der Waals surface area contributed by atoms with E-state index < -0.39 is 74.5 Å². The Morgan fingerprint density at radius 3 is 2.44 bits per heavy atom. The predicted molar refractivity (Wildman–Crippen MR) is 139 cm³/mol. The fourth-order valence-corrected chi connectivity index (χ4v) is 4.29. The minimum Gasteiger partial charge on any atom is -0.504 e. The molecule has 2 aliphatic rings. The smallest absolute Gasteiger partial charge is 0.330 e. The lowest BCUT2D eigenvalue weighted by atomic mass is 9.99. The van der Waals surface area contributed by atoms with Crippen molar-refractivity contribution in [3.63, 3.8) is 0 Å². The summed E-state index contributed by atoms with van der Waals surface area (Å²) in [5.74, 6) is -1.54. The van der Waals surface area contributed by atoms with E-state index in [1.165, 1.54) is 24.3 Å². The fourth-order valence-electron chi connectivity index (χ4n) is 4.29. The van der Waals surface area contributed by atoms with Crippen molar-refractivity contribution in [3.05, 3.63) is 65.7 Å². The highest BCUT2D eigenvalue weighted by Crippen LogP contribution is 2.29. The molecule has 0 spiro atoms. The maximum atomic E-state index is 12.1. The lowest BCUT2D eigenvalue weighted by Gasteiger charge is -2.40. The Morgan fingerprint density at radius 1 is 0.951 bits per heavy atom. The molecule has 13 nitrogen and oxygen atoms in total. The van der Waals surface area contributed by atoms with E-state index in [9.17, 15) is 40.5 Å². The molecule has 8 atom stereocenters. The predicted octanol–water partition coefficient (Wildman–Crippen LogP) is -0.814. The maximum absolute atomic E-state index is 12.1. The molecule has 4 rings (SSSR count). The normalized spacial score (nSPS) is 31.9. The van der Waals surface area contributed by atoms with Crippen LogP contribution in [0, 0.1) is 0 Å². The van der Waals surface area contributed by atoms with Crippen LogP contribution in [0.4, 0.5) is 0 Å². The molecule has 0 radical (unpaired) electrons. The van der Waals surface area contributed by atoms with Crippen molar-refractivity contribution >= 4 is 12.0 Å². The number of carbonyl (C=O) groups is 1. The van der Waals surface area contributed by atoms with Gasteiger partial charge in [0.1, 0.15) is 37.1 Å². The van der Waals surface area contributed by atoms with Crippen LogP contribution in [0.1, 0.15) is 11.1 Å². The molecule has 2 aromatic rings. The molecule has 0 aromatic heterocycles. The quantitative estimate of drug-likeness (QED) is 0.0991. The second-order valence-corrected chi connectivity index (χ2v) is 9.87. The maximum Gasteiger partial charge on any atom is 0.330 e. The third-order valence-corrected chi connectivity index (χ3v) is 6.79. The monoisotopic (exact) mass is 578 g/mol. The van der Waals surface area contributed by atoms with E-state index >= 15 is 0 Å². The number of hydrogen-bond acceptors (Lipinski definition) is 13. The molecule has 2 fully saturated rings. The van der Waals surface area contributed by atoms with Gasteiger partial charge in [-0.1, -0.05) is 36.4 Å². The van der Waals surface area contributed by atoms with Crippen LogP contribution in [0.5, 0.6) is 11.5 Å². The zero-order valence-corrected chi connectivity index (χ0v) is 21.9. The SMILES string of the molecule is O=C(C=Cc1ccc(O)c(O)c1)OCC1(O)COC(OCC2OC(OCCc3ccccc3)C(O)C(O)C2O)C1O. The summed E-state index contributed by atoms with van der Waals surface area (Å²) in [6.45, 7) is -1.31. The third kappa shape index (κ3) is 7.80. The minimum absolute atomic E-state index is 0.172. The summed E-state index contributed by atoms with van der Waals surface area (Å²) in [4.78, 5) is 12.1. The summed E-state index contributed by atoms with van der Waals surface area (Å²) in [5, 5.41) is 71.1. The second-order valence-electron chi connectivity index (χ2n) is 9.87. The van der Waals surface area contributed by atoms with E-state index in [2.05, 4.69) is 0 Å². The number of benzene rings is 2. The Balaban J connectivity index is 1.24. The molecule has 13 heteroatoms. The molecule has 0 saturated carbocycles. The summed E-state index contributed by atoms with van der Waals surface area (Å²) < 4.78 is 27.0. The van der Waals surface area contributed by atoms with Crippen molar-refractivity contribution in [3.8, 4) is 11.5 Å².